The van der Waals surface area contributed by atoms with Crippen LogP contribution >= 0.6 is 23.4 Å². The van der Waals surface area contributed by atoms with Crippen molar-refractivity contribution in [1.82, 2.24) is 9.47 Å². The third-order valence-corrected chi connectivity index (χ3v) is 7.21. The van der Waals surface area contributed by atoms with Crippen molar-refractivity contribution in [3.8, 4) is 11.4 Å². The summed E-state index contributed by atoms with van der Waals surface area (Å²) in [5.41, 5.74) is 4.52. The van der Waals surface area contributed by atoms with Gasteiger partial charge >= 0.3 is 5.97 Å². The van der Waals surface area contributed by atoms with E-state index in [-0.39, 0.29) is 4.91 Å². The molecule has 7 nitrogen and oxygen atoms in total. The minimum absolute atomic E-state index is 0.263. The smallest absolute Gasteiger partial charge is 0.328 e. The molecule has 9 heteroatoms. The second-order valence-electron chi connectivity index (χ2n) is 8.29. The molecular formula is C27H25ClN2O5S. The van der Waals surface area contributed by atoms with Crippen LogP contribution in [0.1, 0.15) is 29.4 Å². The molecule has 36 heavy (non-hydrogen) atoms. The fourth-order valence-electron chi connectivity index (χ4n) is 4.03. The summed E-state index contributed by atoms with van der Waals surface area (Å²) >= 11 is 7.02. The summed E-state index contributed by atoms with van der Waals surface area (Å²) in [6, 6.07) is 16.2. The second kappa shape index (κ2) is 10.6. The molecule has 2 heterocycles. The van der Waals surface area contributed by atoms with Gasteiger partial charge in [-0.25, -0.2) is 4.79 Å². The molecule has 0 spiro atoms. The average Bonchev–Trinajstić information content (AvgIpc) is 3.31. The normalized spacial score (nSPS) is 15.5. The zero-order valence-corrected chi connectivity index (χ0v) is 21.9. The van der Waals surface area contributed by atoms with E-state index in [1.807, 2.05) is 68.4 Å². The van der Waals surface area contributed by atoms with Crippen molar-refractivity contribution in [2.24, 2.45) is 0 Å². The molecule has 0 aliphatic carbocycles. The van der Waals surface area contributed by atoms with Gasteiger partial charge in [-0.15, -0.1) is 0 Å². The molecule has 1 fully saturated rings. The number of carbonyl (C=O) groups excluding carboxylic acids is 3. The average molecular weight is 525 g/mol. The number of carbonyl (C=O) groups is 3. The Hall–Kier alpha value is -3.49. The van der Waals surface area contributed by atoms with E-state index in [1.165, 1.54) is 14.0 Å². The predicted molar refractivity (Wildman–Crippen MR) is 140 cm³/mol. The van der Waals surface area contributed by atoms with Crippen LogP contribution in [0.25, 0.3) is 11.8 Å². The van der Waals surface area contributed by atoms with E-state index in [4.69, 9.17) is 16.3 Å². The number of ether oxygens (including phenoxy) is 2. The van der Waals surface area contributed by atoms with Crippen molar-refractivity contribution in [2.45, 2.75) is 33.4 Å². The Balaban J connectivity index is 1.53. The van der Waals surface area contributed by atoms with Gasteiger partial charge in [0.2, 0.25) is 0 Å². The zero-order chi connectivity index (χ0) is 26.0. The fourth-order valence-corrected chi connectivity index (χ4v) is 5.12. The minimum Gasteiger partial charge on any atom is -0.489 e. The van der Waals surface area contributed by atoms with E-state index in [0.717, 1.165) is 50.6 Å². The van der Waals surface area contributed by atoms with E-state index < -0.39 is 23.2 Å². The Morgan fingerprint density at radius 2 is 1.81 bits per heavy atom. The number of imide groups is 1. The lowest BCUT2D eigenvalue weighted by Crippen LogP contribution is -2.42. The highest BCUT2D eigenvalue weighted by Crippen LogP contribution is 2.35. The van der Waals surface area contributed by atoms with Crippen molar-refractivity contribution in [1.29, 1.82) is 0 Å². The first-order valence-electron chi connectivity index (χ1n) is 11.2. The number of halogens is 1. The SMILES string of the molecule is COC(=O)[C@H](C)N1C(=O)S/C(=C/c2cc(C)n(-c3ccc(OCc4ccccc4Cl)cc3)c2C)C1=O. The van der Waals surface area contributed by atoms with Crippen LogP contribution in [0.15, 0.2) is 59.5 Å². The molecule has 4 rings (SSSR count). The third kappa shape index (κ3) is 5.05. The molecule has 0 radical (unpaired) electrons. The molecule has 1 aliphatic heterocycles. The van der Waals surface area contributed by atoms with Crippen LogP contribution in [0.4, 0.5) is 4.79 Å². The van der Waals surface area contributed by atoms with Gasteiger partial charge in [0.15, 0.2) is 0 Å². The molecule has 1 saturated heterocycles. The lowest BCUT2D eigenvalue weighted by molar-refractivity contribution is -0.148. The quantitative estimate of drug-likeness (QED) is 0.282. The van der Waals surface area contributed by atoms with Crippen molar-refractivity contribution < 1.29 is 23.9 Å². The lowest BCUT2D eigenvalue weighted by Gasteiger charge is -2.18. The van der Waals surface area contributed by atoms with Crippen molar-refractivity contribution in [3.05, 3.63) is 87.0 Å². The summed E-state index contributed by atoms with van der Waals surface area (Å²) in [7, 11) is 1.22. The predicted octanol–water partition coefficient (Wildman–Crippen LogP) is 5.92. The number of rotatable bonds is 7. The molecule has 2 aromatic carbocycles. The highest BCUT2D eigenvalue weighted by molar-refractivity contribution is 8.18. The van der Waals surface area contributed by atoms with Gasteiger partial charge in [0.25, 0.3) is 11.1 Å². The standard InChI is InChI=1S/C27H25ClN2O5S/c1-16-13-20(14-24-25(31)30(27(33)36-24)18(3)26(32)34-4)17(2)29(16)21-9-11-22(12-10-21)35-15-19-7-5-6-8-23(19)28/h5-14,18H,15H2,1-4H3/b24-14+/t18-/m0/s1. The van der Waals surface area contributed by atoms with Gasteiger partial charge < -0.3 is 14.0 Å². The van der Waals surface area contributed by atoms with Crippen LogP contribution < -0.4 is 4.74 Å². The maximum Gasteiger partial charge on any atom is 0.328 e. The van der Waals surface area contributed by atoms with Gasteiger partial charge in [-0.3, -0.25) is 14.5 Å². The van der Waals surface area contributed by atoms with Gasteiger partial charge in [-0.2, -0.15) is 0 Å². The van der Waals surface area contributed by atoms with Crippen LogP contribution in [0.5, 0.6) is 5.75 Å². The van der Waals surface area contributed by atoms with Gasteiger partial charge in [0.05, 0.1) is 12.0 Å². The molecule has 2 amide bonds. The summed E-state index contributed by atoms with van der Waals surface area (Å²) in [4.78, 5) is 38.3. The van der Waals surface area contributed by atoms with E-state index in [2.05, 4.69) is 9.30 Å². The summed E-state index contributed by atoms with van der Waals surface area (Å²) in [6.45, 7) is 5.76. The number of aryl methyl sites for hydroxylation is 1. The highest BCUT2D eigenvalue weighted by Gasteiger charge is 2.41. The van der Waals surface area contributed by atoms with Crippen molar-refractivity contribution in [3.63, 3.8) is 0 Å². The highest BCUT2D eigenvalue weighted by atomic mass is 35.5. The number of benzene rings is 2. The molecule has 186 valence electrons. The largest absolute Gasteiger partial charge is 0.489 e. The van der Waals surface area contributed by atoms with Gasteiger partial charge in [0.1, 0.15) is 18.4 Å². The van der Waals surface area contributed by atoms with E-state index >= 15 is 0 Å². The Bertz CT molecular complexity index is 1360. The molecule has 1 atom stereocenters. The maximum absolute atomic E-state index is 12.9. The molecule has 0 saturated carbocycles. The maximum atomic E-state index is 12.9. The number of thioether (sulfide) groups is 1. The number of hydrogen-bond acceptors (Lipinski definition) is 6. The van der Waals surface area contributed by atoms with E-state index in [9.17, 15) is 14.4 Å². The van der Waals surface area contributed by atoms with E-state index in [1.54, 1.807) is 6.08 Å². The molecule has 3 aromatic rings. The summed E-state index contributed by atoms with van der Waals surface area (Å²) in [5, 5.41) is 0.170. The number of hydrogen-bond donors (Lipinski definition) is 0. The third-order valence-electron chi connectivity index (χ3n) is 5.96. The van der Waals surface area contributed by atoms with Gasteiger partial charge in [-0.05, 0) is 80.6 Å². The minimum atomic E-state index is -0.987. The Kier molecular flexibility index (Phi) is 7.56. The van der Waals surface area contributed by atoms with Crippen molar-refractivity contribution >= 4 is 46.6 Å². The van der Waals surface area contributed by atoms with Crippen LogP contribution in [-0.4, -0.2) is 39.7 Å². The molecule has 0 bridgehead atoms. The van der Waals surface area contributed by atoms with Crippen LogP contribution in [0.3, 0.4) is 0 Å². The first-order chi connectivity index (χ1) is 17.2. The number of amides is 2. The van der Waals surface area contributed by atoms with E-state index in [0.29, 0.717) is 11.6 Å². The van der Waals surface area contributed by atoms with Crippen molar-refractivity contribution in [2.75, 3.05) is 7.11 Å². The molecule has 0 unspecified atom stereocenters. The number of aromatic nitrogens is 1. The Morgan fingerprint density at radius 1 is 1.11 bits per heavy atom. The van der Waals surface area contributed by atoms with Gasteiger partial charge in [0, 0.05) is 27.7 Å². The Morgan fingerprint density at radius 3 is 2.47 bits per heavy atom. The number of methoxy groups -OCH3 is 1. The Labute approximate surface area is 218 Å². The first-order valence-corrected chi connectivity index (χ1v) is 12.4. The first kappa shape index (κ1) is 25.6. The second-order valence-corrected chi connectivity index (χ2v) is 9.69. The lowest BCUT2D eigenvalue weighted by atomic mass is 10.2. The summed E-state index contributed by atoms with van der Waals surface area (Å²) < 4.78 is 12.6. The molecular weight excluding hydrogens is 500 g/mol. The van der Waals surface area contributed by atoms with Crippen LogP contribution in [0, 0.1) is 13.8 Å². The molecule has 1 aromatic heterocycles. The zero-order valence-electron chi connectivity index (χ0n) is 20.3. The van der Waals surface area contributed by atoms with Crippen LogP contribution in [-0.2, 0) is 20.9 Å². The molecule has 0 N–H and O–H groups in total. The number of nitrogens with zero attached hydrogens (tertiary/aromatic N) is 2. The summed E-state index contributed by atoms with van der Waals surface area (Å²) in [6.07, 6.45) is 1.69. The monoisotopic (exact) mass is 524 g/mol. The van der Waals surface area contributed by atoms with Crippen LogP contribution in [0.2, 0.25) is 5.02 Å². The number of esters is 1. The fraction of sp³-hybridized carbons (Fsp3) is 0.222. The summed E-state index contributed by atoms with van der Waals surface area (Å²) in [5.74, 6) is -0.432. The van der Waals surface area contributed by atoms with Gasteiger partial charge in [-0.1, -0.05) is 29.8 Å². The topological polar surface area (TPSA) is 77.8 Å². The molecule has 1 aliphatic rings.